The summed E-state index contributed by atoms with van der Waals surface area (Å²) >= 11 is 0. The first kappa shape index (κ1) is 43.6. The minimum atomic E-state index is -0.545. The summed E-state index contributed by atoms with van der Waals surface area (Å²) in [4.78, 5) is 2.47. The lowest BCUT2D eigenvalue weighted by Crippen LogP contribution is -2.26. The van der Waals surface area contributed by atoms with Gasteiger partial charge in [-0.05, 0) is 190 Å². The molecule has 0 unspecified atom stereocenters. The van der Waals surface area contributed by atoms with Crippen molar-refractivity contribution in [2.75, 3.05) is 4.90 Å². The van der Waals surface area contributed by atoms with Crippen molar-refractivity contribution in [1.29, 1.82) is 0 Å². The number of para-hydroxylation sites is 1. The van der Waals surface area contributed by atoms with Crippen molar-refractivity contribution in [2.24, 2.45) is 0 Å². The molecule has 4 aliphatic carbocycles. The Kier molecular flexibility index (Phi) is 8.45. The average molecular weight is 1020 g/mol. The molecule has 0 amide bonds. The third kappa shape index (κ3) is 5.28. The van der Waals surface area contributed by atoms with Crippen molar-refractivity contribution in [3.63, 3.8) is 0 Å². The molecule has 15 aromatic rings. The number of fused-ring (bicyclic) bond motifs is 34. The predicted octanol–water partition coefficient (Wildman–Crippen LogP) is 20.8. The third-order valence-corrected chi connectivity index (χ3v) is 19.3. The Hall–Kier alpha value is -10.3. The zero-order valence-corrected chi connectivity index (χ0v) is 44.1. The number of hydrogen-bond acceptors (Lipinski definition) is 1. The Bertz CT molecular complexity index is 4910. The van der Waals surface area contributed by atoms with E-state index in [0.717, 1.165) is 17.1 Å². The average Bonchev–Trinajstić information content (AvgIpc) is 1.67. The van der Waals surface area contributed by atoms with Gasteiger partial charge in [0.05, 0.1) is 10.8 Å². The van der Waals surface area contributed by atoms with Crippen LogP contribution < -0.4 is 4.90 Å². The fraction of sp³-hybridized carbons (Fsp3) is 0.0250. The Morgan fingerprint density at radius 1 is 0.198 bits per heavy atom. The van der Waals surface area contributed by atoms with E-state index >= 15 is 0 Å². The summed E-state index contributed by atoms with van der Waals surface area (Å²) in [5, 5.41) is 15.4. The van der Waals surface area contributed by atoms with E-state index in [2.05, 4.69) is 290 Å². The molecule has 4 aliphatic rings. The molecular weight excluding hydrogens is 975 g/mol. The van der Waals surface area contributed by atoms with Gasteiger partial charge in [-0.15, -0.1) is 0 Å². The molecule has 372 valence electrons. The van der Waals surface area contributed by atoms with Crippen LogP contribution in [0.25, 0.3) is 109 Å². The summed E-state index contributed by atoms with van der Waals surface area (Å²) < 4.78 is 0. The normalized spacial score (nSPS) is 14.1. The molecule has 0 saturated heterocycles. The van der Waals surface area contributed by atoms with Gasteiger partial charge in [-0.25, -0.2) is 0 Å². The van der Waals surface area contributed by atoms with E-state index in [1.165, 1.54) is 154 Å². The van der Waals surface area contributed by atoms with Crippen molar-refractivity contribution in [3.8, 4) is 44.5 Å². The maximum absolute atomic E-state index is 2.47. The van der Waals surface area contributed by atoms with Gasteiger partial charge in [0.1, 0.15) is 0 Å². The van der Waals surface area contributed by atoms with Crippen molar-refractivity contribution in [1.82, 2.24) is 0 Å². The van der Waals surface area contributed by atoms with Gasteiger partial charge in [0.15, 0.2) is 0 Å². The van der Waals surface area contributed by atoms with Crippen molar-refractivity contribution in [2.45, 2.75) is 10.8 Å². The molecule has 15 aromatic carbocycles. The molecule has 0 heterocycles. The predicted molar refractivity (Wildman–Crippen MR) is 339 cm³/mol. The van der Waals surface area contributed by atoms with Gasteiger partial charge in [0, 0.05) is 17.1 Å². The fourth-order valence-electron chi connectivity index (χ4n) is 16.6. The largest absolute Gasteiger partial charge is 0.310 e. The molecule has 2 spiro atoms. The number of nitrogens with zero attached hydrogens (tertiary/aromatic N) is 1. The highest BCUT2D eigenvalue weighted by molar-refractivity contribution is 6.23. The summed E-state index contributed by atoms with van der Waals surface area (Å²) in [6.07, 6.45) is 0. The molecule has 1 heteroatoms. The zero-order valence-electron chi connectivity index (χ0n) is 44.1. The van der Waals surface area contributed by atoms with Crippen LogP contribution >= 0.6 is 0 Å². The molecule has 0 bridgehead atoms. The van der Waals surface area contributed by atoms with Gasteiger partial charge in [-0.3, -0.25) is 0 Å². The molecule has 1 nitrogen and oxygen atoms in total. The highest BCUT2D eigenvalue weighted by atomic mass is 15.1. The van der Waals surface area contributed by atoms with Crippen LogP contribution in [0.4, 0.5) is 17.1 Å². The van der Waals surface area contributed by atoms with Crippen LogP contribution in [0.2, 0.25) is 0 Å². The SMILES string of the molecule is c1ccc(N(c2ccc3c4c(ccc3c2)-c2c(c3ccccc3c3ccccc23)C42c3ccccc3-c3ccccc32)c2ccc3c4c(ccc3c2)-c2c(c3ccccc3c3ccccc23)C42c3ccccc3-c3ccccc32)cc1. The lowest BCUT2D eigenvalue weighted by atomic mass is 9.68. The molecular formula is C80H47N. The highest BCUT2D eigenvalue weighted by Crippen LogP contribution is 2.69. The van der Waals surface area contributed by atoms with Crippen molar-refractivity contribution >= 4 is 81.7 Å². The zero-order chi connectivity index (χ0) is 52.7. The molecule has 81 heavy (non-hydrogen) atoms. The van der Waals surface area contributed by atoms with E-state index in [1.54, 1.807) is 0 Å². The molecule has 0 N–H and O–H groups in total. The quantitative estimate of drug-likeness (QED) is 0.159. The Morgan fingerprint density at radius 2 is 0.519 bits per heavy atom. The first-order valence-electron chi connectivity index (χ1n) is 28.5. The molecule has 0 radical (unpaired) electrons. The van der Waals surface area contributed by atoms with E-state index in [-0.39, 0.29) is 0 Å². The van der Waals surface area contributed by atoms with Crippen molar-refractivity contribution in [3.05, 3.63) is 330 Å². The van der Waals surface area contributed by atoms with Crippen LogP contribution in [-0.2, 0) is 10.8 Å². The van der Waals surface area contributed by atoms with Crippen molar-refractivity contribution < 1.29 is 0 Å². The van der Waals surface area contributed by atoms with Gasteiger partial charge < -0.3 is 4.90 Å². The number of anilines is 3. The summed E-state index contributed by atoms with van der Waals surface area (Å²) in [5.74, 6) is 0. The number of benzene rings is 15. The smallest absolute Gasteiger partial charge is 0.0737 e. The number of hydrogen-bond donors (Lipinski definition) is 0. The number of rotatable bonds is 3. The van der Waals surface area contributed by atoms with Gasteiger partial charge in [-0.1, -0.05) is 249 Å². The molecule has 19 rings (SSSR count). The van der Waals surface area contributed by atoms with E-state index < -0.39 is 10.8 Å². The molecule has 0 fully saturated rings. The highest BCUT2D eigenvalue weighted by Gasteiger charge is 2.55. The molecule has 0 saturated carbocycles. The molecule has 0 aromatic heterocycles. The first-order chi connectivity index (χ1) is 40.2. The summed E-state index contributed by atoms with van der Waals surface area (Å²) in [6, 6.07) is 109. The maximum Gasteiger partial charge on any atom is 0.0737 e. The van der Waals surface area contributed by atoms with Crippen LogP contribution in [0.1, 0.15) is 44.5 Å². The van der Waals surface area contributed by atoms with Gasteiger partial charge in [0.25, 0.3) is 0 Å². The van der Waals surface area contributed by atoms with E-state index in [0.29, 0.717) is 0 Å². The summed E-state index contributed by atoms with van der Waals surface area (Å²) in [6.45, 7) is 0. The Balaban J connectivity index is 0.858. The lowest BCUT2D eigenvalue weighted by molar-refractivity contribution is 0.809. The lowest BCUT2D eigenvalue weighted by Gasteiger charge is -2.33. The van der Waals surface area contributed by atoms with Gasteiger partial charge in [0.2, 0.25) is 0 Å². The minimum Gasteiger partial charge on any atom is -0.310 e. The standard InChI is InChI=1S/C80H47N/c1-2-20-50(21-3-1)81(51-40-44-53-48(46-51)38-42-67-73-63-30-8-4-22-55(63)57-24-6-10-32-65(57)77(73)79(75(53)67)69-34-16-12-26-59(69)60-27-13-17-35-70(60)79)52-41-45-54-49(47-52)39-43-68-74-64-31-9-5-23-56(64)58-25-7-11-33-66(58)78(74)80(76(54)68)71-36-18-14-28-61(71)62-29-15-19-37-72(62)80/h1-47H. The second kappa shape index (κ2) is 15.7. The second-order valence-electron chi connectivity index (χ2n) is 22.8. The second-order valence-corrected chi connectivity index (χ2v) is 22.8. The van der Waals surface area contributed by atoms with Crippen LogP contribution in [0.3, 0.4) is 0 Å². The maximum atomic E-state index is 2.47. The van der Waals surface area contributed by atoms with Crippen LogP contribution in [-0.4, -0.2) is 0 Å². The van der Waals surface area contributed by atoms with Gasteiger partial charge >= 0.3 is 0 Å². The van der Waals surface area contributed by atoms with Crippen LogP contribution in [0.15, 0.2) is 285 Å². The Labute approximate surface area is 468 Å². The van der Waals surface area contributed by atoms with Crippen LogP contribution in [0, 0.1) is 0 Å². The van der Waals surface area contributed by atoms with Gasteiger partial charge in [-0.2, -0.15) is 0 Å². The van der Waals surface area contributed by atoms with Crippen LogP contribution in [0.5, 0.6) is 0 Å². The third-order valence-electron chi connectivity index (χ3n) is 19.3. The molecule has 0 atom stereocenters. The molecule has 0 aliphatic heterocycles. The summed E-state index contributed by atoms with van der Waals surface area (Å²) in [7, 11) is 0. The Morgan fingerprint density at radius 3 is 0.914 bits per heavy atom. The van der Waals surface area contributed by atoms with E-state index in [4.69, 9.17) is 0 Å². The first-order valence-corrected chi connectivity index (χ1v) is 28.5. The topological polar surface area (TPSA) is 3.24 Å². The summed E-state index contributed by atoms with van der Waals surface area (Å²) in [5.41, 5.74) is 23.8. The fourth-order valence-corrected chi connectivity index (χ4v) is 16.6. The van der Waals surface area contributed by atoms with E-state index in [1.807, 2.05) is 0 Å². The monoisotopic (exact) mass is 1020 g/mol. The minimum absolute atomic E-state index is 0.545. The van der Waals surface area contributed by atoms with E-state index in [9.17, 15) is 0 Å².